The fraction of sp³-hybridized carbons (Fsp3) is 0.654. The molecule has 5 atom stereocenters. The molecule has 1 aromatic heterocycles. The number of aliphatic hydroxyl groups excluding tert-OH is 1. The minimum Gasteiger partial charge on any atom is -0.396 e. The van der Waals surface area contributed by atoms with Crippen molar-refractivity contribution >= 4 is 28.8 Å². The first-order valence-electron chi connectivity index (χ1n) is 13.3. The highest BCUT2D eigenvalue weighted by molar-refractivity contribution is 5.99. The van der Waals surface area contributed by atoms with Crippen molar-refractivity contribution in [1.29, 1.82) is 0 Å². The third kappa shape index (κ3) is 4.17. The molecule has 11 nitrogen and oxygen atoms in total. The molecule has 200 valence electrons. The molecular formula is C26H36N6O5. The number of carbonyl (C=O) groups excluding carboxylic acids is 3. The van der Waals surface area contributed by atoms with E-state index in [0.717, 1.165) is 23.9 Å². The molecule has 11 heteroatoms. The van der Waals surface area contributed by atoms with Crippen molar-refractivity contribution in [2.24, 2.45) is 11.8 Å². The van der Waals surface area contributed by atoms with Gasteiger partial charge in [-0.3, -0.25) is 14.4 Å². The third-order valence-corrected chi connectivity index (χ3v) is 8.24. The molecule has 0 radical (unpaired) electrons. The van der Waals surface area contributed by atoms with E-state index < -0.39 is 29.1 Å². The van der Waals surface area contributed by atoms with Crippen LogP contribution in [0, 0.1) is 11.8 Å². The van der Waals surface area contributed by atoms with Crippen LogP contribution in [0.25, 0.3) is 11.0 Å². The van der Waals surface area contributed by atoms with Crippen molar-refractivity contribution < 1.29 is 24.2 Å². The van der Waals surface area contributed by atoms with Crippen LogP contribution in [-0.2, 0) is 25.8 Å². The number of nitrogens with zero attached hydrogens (tertiary/aromatic N) is 4. The van der Waals surface area contributed by atoms with E-state index >= 15 is 0 Å². The highest BCUT2D eigenvalue weighted by atomic mass is 16.5. The minimum absolute atomic E-state index is 0.0808. The molecule has 3 saturated heterocycles. The summed E-state index contributed by atoms with van der Waals surface area (Å²) in [5, 5.41) is 23.4. The second-order valence-electron chi connectivity index (χ2n) is 10.6. The van der Waals surface area contributed by atoms with Gasteiger partial charge < -0.3 is 25.4 Å². The van der Waals surface area contributed by atoms with Gasteiger partial charge in [-0.1, -0.05) is 24.3 Å². The zero-order valence-corrected chi connectivity index (χ0v) is 21.5. The molecular weight excluding hydrogens is 476 g/mol. The number of para-hydroxylation sites is 1. The number of hydrogen-bond donors (Lipinski definition) is 3. The van der Waals surface area contributed by atoms with E-state index in [1.54, 1.807) is 9.58 Å². The molecule has 3 aliphatic heterocycles. The number of unbranched alkanes of at least 4 members (excludes halogenated alkanes) is 2. The molecule has 37 heavy (non-hydrogen) atoms. The maximum Gasteiger partial charge on any atom is 0.247 e. The van der Waals surface area contributed by atoms with Crippen LogP contribution < -0.4 is 10.6 Å². The van der Waals surface area contributed by atoms with Crippen molar-refractivity contribution in [2.75, 3.05) is 19.7 Å². The zero-order chi connectivity index (χ0) is 26.2. The lowest BCUT2D eigenvalue weighted by molar-refractivity contribution is -0.146. The Morgan fingerprint density at radius 1 is 1.16 bits per heavy atom. The number of amides is 3. The number of ether oxygens (including phenoxy) is 1. The maximum absolute atomic E-state index is 13.9. The Balaban J connectivity index is 1.42. The molecule has 2 unspecified atom stereocenters. The van der Waals surface area contributed by atoms with Gasteiger partial charge in [0.15, 0.2) is 0 Å². The number of likely N-dealkylation sites (tertiary alicyclic amines) is 1. The van der Waals surface area contributed by atoms with Gasteiger partial charge in [-0.25, -0.2) is 4.68 Å². The summed E-state index contributed by atoms with van der Waals surface area (Å²) in [7, 11) is 0. The van der Waals surface area contributed by atoms with E-state index in [2.05, 4.69) is 20.9 Å². The Labute approximate surface area is 215 Å². The van der Waals surface area contributed by atoms with Gasteiger partial charge in [-0.15, -0.1) is 5.10 Å². The second-order valence-corrected chi connectivity index (χ2v) is 10.6. The van der Waals surface area contributed by atoms with Gasteiger partial charge in [-0.2, -0.15) is 0 Å². The van der Waals surface area contributed by atoms with Gasteiger partial charge >= 0.3 is 0 Å². The quantitative estimate of drug-likeness (QED) is 0.381. The van der Waals surface area contributed by atoms with Gasteiger partial charge in [0.2, 0.25) is 17.7 Å². The number of nitrogens with one attached hydrogen (secondary N) is 2. The lowest BCUT2D eigenvalue weighted by Crippen LogP contribution is -2.55. The lowest BCUT2D eigenvalue weighted by atomic mass is 9.66. The summed E-state index contributed by atoms with van der Waals surface area (Å²) in [4.78, 5) is 42.6. The standard InChI is InChI=1S/C26H36N6O5/c1-3-13-27-22(34)19-20-24(36)31(14-7-4-8-15-33)21(26(20)12-11-25(19,2)37-26)23(35)28-16-32-18-10-6-5-9-17(18)29-30-32/h5-6,9-10,19-21,33H,3-4,7-8,11-16H2,1-2H3,(H,27,34)(H,28,35)/t19-,20-,21?,25+,26?/m0/s1. The lowest BCUT2D eigenvalue weighted by Gasteiger charge is -2.33. The van der Waals surface area contributed by atoms with Crippen LogP contribution >= 0.6 is 0 Å². The average molecular weight is 513 g/mol. The van der Waals surface area contributed by atoms with Gasteiger partial charge in [-0.05, 0) is 57.6 Å². The number of aliphatic hydroxyl groups is 1. The van der Waals surface area contributed by atoms with E-state index in [0.29, 0.717) is 38.8 Å². The van der Waals surface area contributed by atoms with Gasteiger partial charge in [0.25, 0.3) is 0 Å². The van der Waals surface area contributed by atoms with E-state index in [1.165, 1.54) is 0 Å². The molecule has 4 heterocycles. The Morgan fingerprint density at radius 2 is 1.97 bits per heavy atom. The molecule has 1 aromatic carbocycles. The third-order valence-electron chi connectivity index (χ3n) is 8.24. The zero-order valence-electron chi connectivity index (χ0n) is 21.5. The van der Waals surface area contributed by atoms with E-state index in [-0.39, 0.29) is 31.0 Å². The van der Waals surface area contributed by atoms with Gasteiger partial charge in [0, 0.05) is 19.7 Å². The van der Waals surface area contributed by atoms with Crippen LogP contribution in [0.4, 0.5) is 0 Å². The van der Waals surface area contributed by atoms with Crippen molar-refractivity contribution in [3.05, 3.63) is 24.3 Å². The monoisotopic (exact) mass is 512 g/mol. The fourth-order valence-electron chi connectivity index (χ4n) is 6.58. The predicted molar refractivity (Wildman–Crippen MR) is 134 cm³/mol. The fourth-order valence-corrected chi connectivity index (χ4v) is 6.58. The summed E-state index contributed by atoms with van der Waals surface area (Å²) in [6, 6.07) is 6.64. The Kier molecular flexibility index (Phi) is 6.93. The summed E-state index contributed by atoms with van der Waals surface area (Å²) in [5.41, 5.74) is -0.322. The topological polar surface area (TPSA) is 139 Å². The SMILES string of the molecule is CCCNC(=O)[C@@H]1[C@H]2C(=O)N(CCCCCO)C(C(=O)NCn3nnc4ccccc43)C23CC[C@@]1(C)O3. The number of benzene rings is 1. The normalized spacial score (nSPS) is 30.2. The summed E-state index contributed by atoms with van der Waals surface area (Å²) in [6.45, 7) is 4.95. The van der Waals surface area contributed by atoms with Gasteiger partial charge in [0.05, 0.1) is 23.0 Å². The Morgan fingerprint density at radius 3 is 2.76 bits per heavy atom. The number of rotatable bonds is 11. The maximum atomic E-state index is 13.9. The first-order chi connectivity index (χ1) is 17.9. The minimum atomic E-state index is -1.05. The summed E-state index contributed by atoms with van der Waals surface area (Å²) in [5.74, 6) is -2.05. The van der Waals surface area contributed by atoms with Crippen molar-refractivity contribution in [3.8, 4) is 0 Å². The number of hydrogen-bond acceptors (Lipinski definition) is 7. The summed E-state index contributed by atoms with van der Waals surface area (Å²) < 4.78 is 8.21. The highest BCUT2D eigenvalue weighted by Crippen LogP contribution is 2.63. The van der Waals surface area contributed by atoms with Crippen molar-refractivity contribution in [3.63, 3.8) is 0 Å². The number of carbonyl (C=O) groups is 3. The molecule has 5 rings (SSSR count). The molecule has 2 aromatic rings. The second kappa shape index (κ2) is 10.0. The molecule has 3 N–H and O–H groups in total. The largest absolute Gasteiger partial charge is 0.396 e. The molecule has 0 saturated carbocycles. The van der Waals surface area contributed by atoms with Gasteiger partial charge in [0.1, 0.15) is 23.8 Å². The van der Waals surface area contributed by atoms with Crippen LogP contribution in [0.3, 0.4) is 0 Å². The molecule has 0 aliphatic carbocycles. The van der Waals surface area contributed by atoms with Crippen LogP contribution in [0.2, 0.25) is 0 Å². The van der Waals surface area contributed by atoms with Crippen LogP contribution in [0.1, 0.15) is 52.4 Å². The molecule has 3 aliphatic rings. The Hall–Kier alpha value is -3.05. The van der Waals surface area contributed by atoms with E-state index in [4.69, 9.17) is 4.74 Å². The first-order valence-corrected chi connectivity index (χ1v) is 13.3. The average Bonchev–Trinajstić information content (AvgIpc) is 3.59. The summed E-state index contributed by atoms with van der Waals surface area (Å²) in [6.07, 6.45) is 3.95. The molecule has 3 fully saturated rings. The summed E-state index contributed by atoms with van der Waals surface area (Å²) >= 11 is 0. The van der Waals surface area contributed by atoms with E-state index in [9.17, 15) is 19.5 Å². The first kappa shape index (κ1) is 25.6. The van der Waals surface area contributed by atoms with E-state index in [1.807, 2.05) is 38.1 Å². The van der Waals surface area contributed by atoms with Crippen LogP contribution in [0.5, 0.6) is 0 Å². The van der Waals surface area contributed by atoms with Crippen LogP contribution in [0.15, 0.2) is 24.3 Å². The predicted octanol–water partition coefficient (Wildman–Crippen LogP) is 0.959. The van der Waals surface area contributed by atoms with Crippen molar-refractivity contribution in [2.45, 2.75) is 76.3 Å². The number of aromatic nitrogens is 3. The molecule has 2 bridgehead atoms. The number of fused-ring (bicyclic) bond motifs is 2. The molecule has 3 amide bonds. The van der Waals surface area contributed by atoms with Crippen molar-refractivity contribution in [1.82, 2.24) is 30.5 Å². The molecule has 1 spiro atoms. The smallest absolute Gasteiger partial charge is 0.247 e. The highest BCUT2D eigenvalue weighted by Gasteiger charge is 2.77. The Bertz CT molecular complexity index is 1190. The van der Waals surface area contributed by atoms with Crippen LogP contribution in [-0.4, -0.2) is 79.7 Å².